The molecular formula is C18H13ClF3NO4S. The highest BCUT2D eigenvalue weighted by Crippen LogP contribution is 2.32. The highest BCUT2D eigenvalue weighted by Gasteiger charge is 2.35. The second kappa shape index (κ2) is 7.56. The Balaban J connectivity index is 1.91. The van der Waals surface area contributed by atoms with Gasteiger partial charge in [0.1, 0.15) is 5.78 Å². The molecule has 3 rings (SSSR count). The molecule has 1 N–H and O–H groups in total. The highest BCUT2D eigenvalue weighted by atomic mass is 35.5. The number of hydrogen-bond donors (Lipinski definition) is 1. The summed E-state index contributed by atoms with van der Waals surface area (Å²) in [4.78, 5) is 23.5. The van der Waals surface area contributed by atoms with Crippen LogP contribution < -0.4 is 5.32 Å². The van der Waals surface area contributed by atoms with Gasteiger partial charge < -0.3 is 5.32 Å². The van der Waals surface area contributed by atoms with Gasteiger partial charge in [-0.3, -0.25) is 9.59 Å². The van der Waals surface area contributed by atoms with Crippen molar-refractivity contribution in [1.29, 1.82) is 0 Å². The average Bonchev–Trinajstić information content (AvgIpc) is 3.07. The van der Waals surface area contributed by atoms with E-state index in [0.717, 1.165) is 6.07 Å². The quantitative estimate of drug-likeness (QED) is 0.744. The van der Waals surface area contributed by atoms with Crippen LogP contribution in [0, 0.1) is 17.5 Å². The first-order valence-electron chi connectivity index (χ1n) is 8.10. The van der Waals surface area contributed by atoms with Crippen molar-refractivity contribution >= 4 is 38.8 Å². The summed E-state index contributed by atoms with van der Waals surface area (Å²) >= 11 is 5.98. The van der Waals surface area contributed by atoms with Crippen molar-refractivity contribution in [1.82, 2.24) is 0 Å². The lowest BCUT2D eigenvalue weighted by molar-refractivity contribution is -0.117. The predicted molar refractivity (Wildman–Crippen MR) is 95.6 cm³/mol. The Labute approximate surface area is 163 Å². The van der Waals surface area contributed by atoms with Gasteiger partial charge in [-0.05, 0) is 24.6 Å². The van der Waals surface area contributed by atoms with Crippen molar-refractivity contribution in [3.63, 3.8) is 0 Å². The number of rotatable bonds is 4. The van der Waals surface area contributed by atoms with Crippen LogP contribution in [0.5, 0.6) is 0 Å². The van der Waals surface area contributed by atoms with E-state index >= 15 is 0 Å². The van der Waals surface area contributed by atoms with E-state index in [4.69, 9.17) is 11.6 Å². The minimum Gasteiger partial charge on any atom is -0.322 e. The molecule has 28 heavy (non-hydrogen) atoms. The van der Waals surface area contributed by atoms with Crippen LogP contribution >= 0.6 is 11.6 Å². The summed E-state index contributed by atoms with van der Waals surface area (Å²) < 4.78 is 65.1. The van der Waals surface area contributed by atoms with E-state index in [0.29, 0.717) is 12.1 Å². The molecule has 148 valence electrons. The maximum Gasteiger partial charge on any atom is 0.255 e. The van der Waals surface area contributed by atoms with Gasteiger partial charge in [-0.15, -0.1) is 0 Å². The summed E-state index contributed by atoms with van der Waals surface area (Å²) in [6, 6.07) is 4.65. The zero-order chi connectivity index (χ0) is 20.6. The number of Topliss-reactive ketones (excluding diaryl/α,β-unsaturated/α-hetero) is 1. The van der Waals surface area contributed by atoms with Gasteiger partial charge >= 0.3 is 0 Å². The first-order chi connectivity index (χ1) is 13.1. The Bertz CT molecular complexity index is 1070. The molecule has 1 unspecified atom stereocenters. The summed E-state index contributed by atoms with van der Waals surface area (Å²) in [5, 5.41) is 1.13. The van der Waals surface area contributed by atoms with Gasteiger partial charge in [0.2, 0.25) is 0 Å². The SMILES string of the molecule is O=C1CCC(S(=O)(=O)c2cc(C(=O)Nc3cc(F)c(F)c(F)c3)ccc2Cl)C1. The molecule has 2 aromatic carbocycles. The number of nitrogens with one attached hydrogen (secondary N) is 1. The molecule has 1 saturated carbocycles. The van der Waals surface area contributed by atoms with Crippen molar-refractivity contribution in [2.24, 2.45) is 0 Å². The normalized spacial score (nSPS) is 17.0. The van der Waals surface area contributed by atoms with Crippen molar-refractivity contribution in [3.8, 4) is 0 Å². The van der Waals surface area contributed by atoms with Gasteiger partial charge in [-0.2, -0.15) is 0 Å². The molecule has 0 heterocycles. The molecule has 1 aliphatic rings. The molecule has 1 fully saturated rings. The summed E-state index contributed by atoms with van der Waals surface area (Å²) in [7, 11) is -3.95. The van der Waals surface area contributed by atoms with Crippen LogP contribution in [0.3, 0.4) is 0 Å². The number of benzene rings is 2. The summed E-state index contributed by atoms with van der Waals surface area (Å²) in [5.74, 6) is -5.69. The summed E-state index contributed by atoms with van der Waals surface area (Å²) in [6.07, 6.45) is 0.203. The van der Waals surface area contributed by atoms with Crippen LogP contribution in [0.15, 0.2) is 35.2 Å². The number of ketones is 1. The Morgan fingerprint density at radius 2 is 1.75 bits per heavy atom. The maximum atomic E-state index is 13.3. The monoisotopic (exact) mass is 431 g/mol. The molecule has 0 spiro atoms. The van der Waals surface area contributed by atoms with Crippen LogP contribution in [-0.4, -0.2) is 25.4 Å². The third-order valence-corrected chi connectivity index (χ3v) is 7.05. The molecule has 0 bridgehead atoms. The average molecular weight is 432 g/mol. The molecule has 0 saturated heterocycles. The zero-order valence-electron chi connectivity index (χ0n) is 14.1. The number of carbonyl (C=O) groups excluding carboxylic acids is 2. The molecule has 5 nitrogen and oxygen atoms in total. The maximum absolute atomic E-state index is 13.3. The minimum atomic E-state index is -3.95. The Kier molecular flexibility index (Phi) is 5.49. The third-order valence-electron chi connectivity index (χ3n) is 4.38. The van der Waals surface area contributed by atoms with Gasteiger partial charge in [0.05, 0.1) is 15.2 Å². The molecule has 0 radical (unpaired) electrons. The second-order valence-electron chi connectivity index (χ2n) is 6.30. The van der Waals surface area contributed by atoms with Gasteiger partial charge in [0.15, 0.2) is 27.3 Å². The lowest BCUT2D eigenvalue weighted by Gasteiger charge is -2.13. The topological polar surface area (TPSA) is 80.3 Å². The van der Waals surface area contributed by atoms with E-state index in [9.17, 15) is 31.2 Å². The minimum absolute atomic E-state index is 0.116. The van der Waals surface area contributed by atoms with Crippen LogP contribution in [0.4, 0.5) is 18.9 Å². The van der Waals surface area contributed by atoms with E-state index in [-0.39, 0.29) is 46.2 Å². The molecular weight excluding hydrogens is 419 g/mol. The summed E-state index contributed by atoms with van der Waals surface area (Å²) in [5.41, 5.74) is -0.486. The first kappa shape index (κ1) is 20.3. The Hall–Kier alpha value is -2.39. The lowest BCUT2D eigenvalue weighted by atomic mass is 10.2. The van der Waals surface area contributed by atoms with Crippen LogP contribution in [0.25, 0.3) is 0 Å². The van der Waals surface area contributed by atoms with Crippen molar-refractivity contribution in [2.45, 2.75) is 29.4 Å². The van der Waals surface area contributed by atoms with Gasteiger partial charge in [-0.1, -0.05) is 11.6 Å². The molecule has 1 atom stereocenters. The Morgan fingerprint density at radius 3 is 2.32 bits per heavy atom. The molecule has 10 heteroatoms. The standard InChI is InChI=1S/C18H13ClF3NO4S/c19-13-4-1-9(5-16(13)28(26,27)12-3-2-11(24)8-12)18(25)23-10-6-14(20)17(22)15(21)7-10/h1,4-7,12H,2-3,8H2,(H,23,25). The summed E-state index contributed by atoms with van der Waals surface area (Å²) in [6.45, 7) is 0. The van der Waals surface area contributed by atoms with Crippen molar-refractivity contribution in [3.05, 3.63) is 58.4 Å². The zero-order valence-corrected chi connectivity index (χ0v) is 15.7. The first-order valence-corrected chi connectivity index (χ1v) is 10.0. The fourth-order valence-electron chi connectivity index (χ4n) is 2.92. The molecule has 1 amide bonds. The van der Waals surface area contributed by atoms with Gasteiger partial charge in [-0.25, -0.2) is 21.6 Å². The molecule has 0 aromatic heterocycles. The predicted octanol–water partition coefficient (Wildman–Crippen LogP) is 3.90. The van der Waals surface area contributed by atoms with E-state index in [1.165, 1.54) is 12.1 Å². The van der Waals surface area contributed by atoms with Crippen molar-refractivity contribution < 1.29 is 31.2 Å². The van der Waals surface area contributed by atoms with Gasteiger partial charge in [0, 0.05) is 36.2 Å². The number of anilines is 1. The van der Waals surface area contributed by atoms with E-state index in [2.05, 4.69) is 5.32 Å². The lowest BCUT2D eigenvalue weighted by Crippen LogP contribution is -2.20. The van der Waals surface area contributed by atoms with Crippen molar-refractivity contribution in [2.75, 3.05) is 5.32 Å². The fourth-order valence-corrected chi connectivity index (χ4v) is 5.18. The fraction of sp³-hybridized carbons (Fsp3) is 0.222. The van der Waals surface area contributed by atoms with Crippen LogP contribution in [0.2, 0.25) is 5.02 Å². The highest BCUT2D eigenvalue weighted by molar-refractivity contribution is 7.92. The number of hydrogen-bond acceptors (Lipinski definition) is 4. The van der Waals surface area contributed by atoms with E-state index < -0.39 is 38.4 Å². The van der Waals surface area contributed by atoms with E-state index in [1.54, 1.807) is 0 Å². The van der Waals surface area contributed by atoms with Crippen LogP contribution in [-0.2, 0) is 14.6 Å². The molecule has 1 aliphatic carbocycles. The number of sulfone groups is 1. The van der Waals surface area contributed by atoms with Gasteiger partial charge in [0.25, 0.3) is 5.91 Å². The number of halogens is 4. The Morgan fingerprint density at radius 1 is 1.11 bits per heavy atom. The van der Waals surface area contributed by atoms with Crippen LogP contribution in [0.1, 0.15) is 29.6 Å². The molecule has 2 aromatic rings. The third kappa shape index (κ3) is 3.90. The van der Waals surface area contributed by atoms with E-state index in [1.807, 2.05) is 0 Å². The largest absolute Gasteiger partial charge is 0.322 e. The second-order valence-corrected chi connectivity index (χ2v) is 8.91. The number of carbonyl (C=O) groups is 2. The smallest absolute Gasteiger partial charge is 0.255 e. The number of amides is 1. The molecule has 0 aliphatic heterocycles.